The van der Waals surface area contributed by atoms with Crippen LogP contribution in [-0.2, 0) is 4.79 Å². The van der Waals surface area contributed by atoms with E-state index in [1.165, 1.54) is 0 Å². The molecule has 1 aromatic rings. The molecule has 2 atom stereocenters. The van der Waals surface area contributed by atoms with Crippen LogP contribution in [0.2, 0.25) is 0 Å². The molecule has 3 aliphatic rings. The summed E-state index contributed by atoms with van der Waals surface area (Å²) in [4.78, 5) is 32.4. The molecule has 3 aliphatic heterocycles. The molecule has 0 aliphatic carbocycles. The average molecular weight is 400 g/mol. The van der Waals surface area contributed by atoms with Crippen LogP contribution in [0, 0.1) is 17.8 Å². The Hall–Kier alpha value is -2.08. The van der Waals surface area contributed by atoms with Gasteiger partial charge in [-0.2, -0.15) is 0 Å². The predicted molar refractivity (Wildman–Crippen MR) is 112 cm³/mol. The summed E-state index contributed by atoms with van der Waals surface area (Å²) in [6.45, 7) is 8.81. The zero-order valence-corrected chi connectivity index (χ0v) is 18.1. The maximum atomic E-state index is 13.0. The Morgan fingerprint density at radius 1 is 1.24 bits per heavy atom. The van der Waals surface area contributed by atoms with Crippen LogP contribution in [0.15, 0.2) is 24.3 Å². The smallest absolute Gasteiger partial charge is 0.253 e. The topological polar surface area (TPSA) is 53.1 Å². The minimum atomic E-state index is -0.0986. The predicted octanol–water partition coefficient (Wildman–Crippen LogP) is 2.35. The fourth-order valence-electron chi connectivity index (χ4n) is 5.80. The molecule has 1 spiro atoms. The highest BCUT2D eigenvalue weighted by Crippen LogP contribution is 2.49. The largest absolute Gasteiger partial charge is 0.497 e. The van der Waals surface area contributed by atoms with Gasteiger partial charge in [-0.1, -0.05) is 19.9 Å². The number of carbonyl (C=O) groups is 2. The molecule has 0 bridgehead atoms. The van der Waals surface area contributed by atoms with Crippen molar-refractivity contribution < 1.29 is 14.3 Å². The van der Waals surface area contributed by atoms with E-state index in [1.54, 1.807) is 13.2 Å². The van der Waals surface area contributed by atoms with E-state index in [2.05, 4.69) is 18.7 Å². The van der Waals surface area contributed by atoms with Crippen molar-refractivity contribution in [2.75, 3.05) is 46.9 Å². The lowest BCUT2D eigenvalue weighted by Crippen LogP contribution is -2.56. The first-order valence-corrected chi connectivity index (χ1v) is 10.8. The third kappa shape index (κ3) is 3.41. The van der Waals surface area contributed by atoms with Gasteiger partial charge >= 0.3 is 0 Å². The van der Waals surface area contributed by atoms with Crippen molar-refractivity contribution in [2.24, 2.45) is 17.8 Å². The number of nitrogens with zero attached hydrogens (tertiary/aromatic N) is 3. The first-order valence-electron chi connectivity index (χ1n) is 10.8. The van der Waals surface area contributed by atoms with Gasteiger partial charge in [0, 0.05) is 51.3 Å². The normalized spacial score (nSPS) is 26.4. The number of hydrogen-bond acceptors (Lipinski definition) is 4. The van der Waals surface area contributed by atoms with Gasteiger partial charge in [0.15, 0.2) is 0 Å². The van der Waals surface area contributed by atoms with Gasteiger partial charge in [-0.3, -0.25) is 9.59 Å². The standard InChI is InChI=1S/C23H33N3O3/c1-16(2)13-25-14-19-20(15-25)23(24(3)22(19)28)8-10-26(11-9-23)21(27)17-6-5-7-18(12-17)29-4/h5-7,12,16,19-20H,8-11,13-15H2,1-4H3/t19-,20+/m1/s1. The van der Waals surface area contributed by atoms with Crippen molar-refractivity contribution in [2.45, 2.75) is 32.2 Å². The van der Waals surface area contributed by atoms with E-state index < -0.39 is 0 Å². The van der Waals surface area contributed by atoms with Crippen molar-refractivity contribution in [3.05, 3.63) is 29.8 Å². The van der Waals surface area contributed by atoms with E-state index in [0.29, 0.717) is 42.1 Å². The van der Waals surface area contributed by atoms with Crippen molar-refractivity contribution in [3.8, 4) is 5.75 Å². The minimum absolute atomic E-state index is 0.0510. The zero-order chi connectivity index (χ0) is 20.8. The van der Waals surface area contributed by atoms with E-state index in [-0.39, 0.29) is 17.4 Å². The first-order chi connectivity index (χ1) is 13.9. The van der Waals surface area contributed by atoms with Gasteiger partial charge in [0.2, 0.25) is 5.91 Å². The molecule has 6 heteroatoms. The lowest BCUT2D eigenvalue weighted by Gasteiger charge is -2.46. The number of piperidine rings is 1. The van der Waals surface area contributed by atoms with Crippen LogP contribution in [0.4, 0.5) is 0 Å². The number of likely N-dealkylation sites (tertiary alicyclic amines) is 3. The van der Waals surface area contributed by atoms with Crippen LogP contribution < -0.4 is 4.74 Å². The molecule has 3 saturated heterocycles. The lowest BCUT2D eigenvalue weighted by molar-refractivity contribution is -0.133. The van der Waals surface area contributed by atoms with E-state index in [0.717, 1.165) is 32.5 Å². The van der Waals surface area contributed by atoms with Gasteiger partial charge in [-0.25, -0.2) is 0 Å². The van der Waals surface area contributed by atoms with Crippen LogP contribution in [0.5, 0.6) is 5.75 Å². The molecule has 3 heterocycles. The first kappa shape index (κ1) is 20.2. The summed E-state index contributed by atoms with van der Waals surface area (Å²) in [5.41, 5.74) is 0.566. The second-order valence-electron chi connectivity index (χ2n) is 9.35. The summed E-state index contributed by atoms with van der Waals surface area (Å²) in [6.07, 6.45) is 1.73. The minimum Gasteiger partial charge on any atom is -0.497 e. The molecule has 4 rings (SSSR count). The van der Waals surface area contributed by atoms with Crippen LogP contribution in [0.25, 0.3) is 0 Å². The summed E-state index contributed by atoms with van der Waals surface area (Å²) >= 11 is 0. The maximum absolute atomic E-state index is 13.0. The van der Waals surface area contributed by atoms with Crippen molar-refractivity contribution in [1.29, 1.82) is 0 Å². The number of amides is 2. The number of ether oxygens (including phenoxy) is 1. The summed E-state index contributed by atoms with van der Waals surface area (Å²) in [5.74, 6) is 2.17. The number of rotatable bonds is 4. The van der Waals surface area contributed by atoms with Gasteiger partial charge in [-0.15, -0.1) is 0 Å². The SMILES string of the molecule is COc1cccc(C(=O)N2CCC3(CC2)[C@H]2CN(CC(C)C)C[C@H]2C(=O)N3C)c1. The number of fused-ring (bicyclic) bond motifs is 2. The van der Waals surface area contributed by atoms with Crippen LogP contribution in [-0.4, -0.2) is 78.9 Å². The maximum Gasteiger partial charge on any atom is 0.253 e. The Morgan fingerprint density at radius 3 is 2.62 bits per heavy atom. The van der Waals surface area contributed by atoms with E-state index in [1.807, 2.05) is 35.0 Å². The van der Waals surface area contributed by atoms with E-state index in [9.17, 15) is 9.59 Å². The highest BCUT2D eigenvalue weighted by molar-refractivity contribution is 5.94. The Balaban J connectivity index is 1.47. The summed E-state index contributed by atoms with van der Waals surface area (Å²) in [7, 11) is 3.59. The van der Waals surface area contributed by atoms with Crippen LogP contribution in [0.3, 0.4) is 0 Å². The van der Waals surface area contributed by atoms with Gasteiger partial charge in [0.25, 0.3) is 5.91 Å². The van der Waals surface area contributed by atoms with E-state index >= 15 is 0 Å². The monoisotopic (exact) mass is 399 g/mol. The fraction of sp³-hybridized carbons (Fsp3) is 0.652. The molecule has 158 valence electrons. The fourth-order valence-corrected chi connectivity index (χ4v) is 5.80. The molecular weight excluding hydrogens is 366 g/mol. The second-order valence-corrected chi connectivity index (χ2v) is 9.35. The zero-order valence-electron chi connectivity index (χ0n) is 18.1. The number of carbonyl (C=O) groups excluding carboxylic acids is 2. The average Bonchev–Trinajstić information content (AvgIpc) is 3.22. The second kappa shape index (κ2) is 7.63. The quantitative estimate of drug-likeness (QED) is 0.780. The van der Waals surface area contributed by atoms with Gasteiger partial charge in [0.05, 0.1) is 18.6 Å². The molecule has 29 heavy (non-hydrogen) atoms. The summed E-state index contributed by atoms with van der Waals surface area (Å²) in [5, 5.41) is 0. The van der Waals surface area contributed by atoms with Crippen molar-refractivity contribution in [1.82, 2.24) is 14.7 Å². The summed E-state index contributed by atoms with van der Waals surface area (Å²) < 4.78 is 5.26. The third-order valence-electron chi connectivity index (χ3n) is 7.26. The molecule has 3 fully saturated rings. The lowest BCUT2D eigenvalue weighted by atomic mass is 9.75. The molecule has 1 aromatic carbocycles. The van der Waals surface area contributed by atoms with E-state index in [4.69, 9.17) is 4.74 Å². The number of hydrogen-bond donors (Lipinski definition) is 0. The van der Waals surface area contributed by atoms with Crippen LogP contribution >= 0.6 is 0 Å². The van der Waals surface area contributed by atoms with Crippen molar-refractivity contribution in [3.63, 3.8) is 0 Å². The molecule has 0 aromatic heterocycles. The molecule has 0 saturated carbocycles. The Morgan fingerprint density at radius 2 is 1.97 bits per heavy atom. The molecule has 6 nitrogen and oxygen atoms in total. The van der Waals surface area contributed by atoms with Crippen LogP contribution in [0.1, 0.15) is 37.0 Å². The van der Waals surface area contributed by atoms with Gasteiger partial charge < -0.3 is 19.4 Å². The Bertz CT molecular complexity index is 785. The molecule has 2 amide bonds. The molecule has 0 unspecified atom stereocenters. The Labute approximate surface area is 173 Å². The van der Waals surface area contributed by atoms with Crippen molar-refractivity contribution >= 4 is 11.8 Å². The molecule has 0 radical (unpaired) electrons. The Kier molecular flexibility index (Phi) is 5.32. The van der Waals surface area contributed by atoms with Gasteiger partial charge in [0.1, 0.15) is 5.75 Å². The number of methoxy groups -OCH3 is 1. The number of benzene rings is 1. The van der Waals surface area contributed by atoms with Gasteiger partial charge in [-0.05, 0) is 37.0 Å². The highest BCUT2D eigenvalue weighted by Gasteiger charge is 2.60. The molecular formula is C23H33N3O3. The summed E-state index contributed by atoms with van der Waals surface area (Å²) in [6, 6.07) is 7.35. The third-order valence-corrected chi connectivity index (χ3v) is 7.26. The highest BCUT2D eigenvalue weighted by atomic mass is 16.5. The molecule has 0 N–H and O–H groups in total.